The van der Waals surface area contributed by atoms with E-state index in [2.05, 4.69) is 25.9 Å². The van der Waals surface area contributed by atoms with Gasteiger partial charge in [-0.3, -0.25) is 14.4 Å². The molecular formula is C37H43N7O6. The fourth-order valence-corrected chi connectivity index (χ4v) is 6.01. The summed E-state index contributed by atoms with van der Waals surface area (Å²) in [7, 11) is 0. The summed E-state index contributed by atoms with van der Waals surface area (Å²) in [6.07, 6.45) is 5.11. The van der Waals surface area contributed by atoms with Gasteiger partial charge in [-0.2, -0.15) is 0 Å². The van der Waals surface area contributed by atoms with E-state index < -0.39 is 47.9 Å². The highest BCUT2D eigenvalue weighted by atomic mass is 16.4. The number of carbonyl (C=O) groups is 4. The summed E-state index contributed by atoms with van der Waals surface area (Å²) in [6.45, 7) is 0.369. The van der Waals surface area contributed by atoms with Crippen molar-refractivity contribution in [1.82, 2.24) is 25.9 Å². The van der Waals surface area contributed by atoms with Crippen LogP contribution in [0.15, 0.2) is 85.2 Å². The van der Waals surface area contributed by atoms with Gasteiger partial charge < -0.3 is 47.6 Å². The molecule has 0 aliphatic carbocycles. The minimum Gasteiger partial charge on any atom is -0.508 e. The summed E-state index contributed by atoms with van der Waals surface area (Å²) in [5, 5.41) is 29.5. The molecule has 0 radical (unpaired) electrons. The molecule has 2 heterocycles. The molecule has 2 aromatic heterocycles. The largest absolute Gasteiger partial charge is 0.508 e. The Bertz CT molecular complexity index is 1940. The second kappa shape index (κ2) is 16.6. The highest BCUT2D eigenvalue weighted by Crippen LogP contribution is 2.21. The fraction of sp³-hybridized carbons (Fsp3) is 0.297. The molecule has 0 aliphatic heterocycles. The first-order chi connectivity index (χ1) is 24.1. The monoisotopic (exact) mass is 681 g/mol. The van der Waals surface area contributed by atoms with E-state index >= 15 is 0 Å². The number of aromatic nitrogens is 2. The molecule has 5 rings (SSSR count). The molecule has 0 saturated heterocycles. The van der Waals surface area contributed by atoms with Gasteiger partial charge in [0.05, 0.1) is 6.04 Å². The van der Waals surface area contributed by atoms with Gasteiger partial charge in [0, 0.05) is 47.0 Å². The number of hydrogen-bond acceptors (Lipinski definition) is 7. The van der Waals surface area contributed by atoms with Crippen LogP contribution in [0.25, 0.3) is 21.8 Å². The first-order valence-corrected chi connectivity index (χ1v) is 16.6. The molecule has 0 spiro atoms. The van der Waals surface area contributed by atoms with Crippen molar-refractivity contribution in [3.63, 3.8) is 0 Å². The van der Waals surface area contributed by atoms with Gasteiger partial charge in [-0.05, 0) is 73.2 Å². The zero-order valence-corrected chi connectivity index (χ0v) is 27.5. The zero-order valence-electron chi connectivity index (χ0n) is 27.5. The van der Waals surface area contributed by atoms with Gasteiger partial charge in [-0.25, -0.2) is 4.79 Å². The number of para-hydroxylation sites is 2. The Kier molecular flexibility index (Phi) is 11.9. The Labute approximate surface area is 288 Å². The predicted octanol–water partition coefficient (Wildman–Crippen LogP) is 2.38. The third-order valence-corrected chi connectivity index (χ3v) is 8.75. The Balaban J connectivity index is 1.35. The van der Waals surface area contributed by atoms with Crippen molar-refractivity contribution >= 4 is 45.5 Å². The summed E-state index contributed by atoms with van der Waals surface area (Å²) >= 11 is 0. The van der Waals surface area contributed by atoms with Crippen LogP contribution < -0.4 is 27.4 Å². The topological polar surface area (TPSA) is 228 Å². The van der Waals surface area contributed by atoms with Crippen molar-refractivity contribution in [2.75, 3.05) is 6.54 Å². The highest BCUT2D eigenvalue weighted by Gasteiger charge is 2.31. The van der Waals surface area contributed by atoms with E-state index in [-0.39, 0.29) is 31.4 Å². The maximum atomic E-state index is 14.0. The van der Waals surface area contributed by atoms with E-state index in [9.17, 15) is 29.4 Å². The van der Waals surface area contributed by atoms with Gasteiger partial charge in [0.2, 0.25) is 17.7 Å². The van der Waals surface area contributed by atoms with Crippen LogP contribution in [0.1, 0.15) is 36.0 Å². The van der Waals surface area contributed by atoms with Crippen LogP contribution in [-0.2, 0) is 38.4 Å². The Hall–Kier alpha value is -5.66. The number of aliphatic carboxylic acids is 1. The summed E-state index contributed by atoms with van der Waals surface area (Å²) in [4.78, 5) is 59.7. The molecule has 5 aromatic rings. The molecule has 0 saturated carbocycles. The average Bonchev–Trinajstić information content (AvgIpc) is 3.71. The lowest BCUT2D eigenvalue weighted by Gasteiger charge is -2.25. The Morgan fingerprint density at radius 2 is 1.20 bits per heavy atom. The molecule has 50 heavy (non-hydrogen) atoms. The number of nitrogens with two attached hydrogens (primary N) is 2. The number of fused-ring (bicyclic) bond motifs is 2. The molecule has 4 unspecified atom stereocenters. The second-order valence-corrected chi connectivity index (χ2v) is 12.4. The fourth-order valence-electron chi connectivity index (χ4n) is 6.01. The Morgan fingerprint density at radius 1 is 0.660 bits per heavy atom. The summed E-state index contributed by atoms with van der Waals surface area (Å²) < 4.78 is 0. The second-order valence-electron chi connectivity index (χ2n) is 12.4. The van der Waals surface area contributed by atoms with Crippen LogP contribution in [0.4, 0.5) is 0 Å². The number of unbranched alkanes of at least 4 members (excludes halogenated alkanes) is 1. The van der Waals surface area contributed by atoms with Crippen LogP contribution in [0.2, 0.25) is 0 Å². The molecule has 11 N–H and O–H groups in total. The number of carbonyl (C=O) groups excluding carboxylic acids is 3. The smallest absolute Gasteiger partial charge is 0.326 e. The van der Waals surface area contributed by atoms with Gasteiger partial charge >= 0.3 is 5.97 Å². The number of phenols is 1. The number of H-pyrrole nitrogens is 2. The molecule has 3 amide bonds. The van der Waals surface area contributed by atoms with Crippen molar-refractivity contribution in [1.29, 1.82) is 0 Å². The lowest BCUT2D eigenvalue weighted by atomic mass is 10.0. The van der Waals surface area contributed by atoms with E-state index in [4.69, 9.17) is 11.5 Å². The number of phenolic OH excluding ortho intramolecular Hbond substituents is 1. The minimum absolute atomic E-state index is 0.0283. The van der Waals surface area contributed by atoms with Gasteiger partial charge in [-0.1, -0.05) is 48.5 Å². The number of nitrogens with one attached hydrogen (secondary N) is 5. The quantitative estimate of drug-likeness (QED) is 0.0660. The number of carboxylic acids is 1. The van der Waals surface area contributed by atoms with Crippen molar-refractivity contribution in [2.24, 2.45) is 11.5 Å². The van der Waals surface area contributed by atoms with Crippen LogP contribution in [0, 0.1) is 0 Å². The average molecular weight is 682 g/mol. The van der Waals surface area contributed by atoms with Crippen molar-refractivity contribution in [3.05, 3.63) is 102 Å². The number of aromatic amines is 2. The first-order valence-electron chi connectivity index (χ1n) is 16.6. The van der Waals surface area contributed by atoms with E-state index in [0.717, 1.165) is 32.9 Å². The van der Waals surface area contributed by atoms with E-state index in [1.807, 2.05) is 54.7 Å². The number of carboxylic acid groups (broad SMARTS) is 1. The van der Waals surface area contributed by atoms with Gasteiger partial charge in [-0.15, -0.1) is 0 Å². The highest BCUT2D eigenvalue weighted by molar-refractivity contribution is 5.95. The maximum absolute atomic E-state index is 14.0. The van der Waals surface area contributed by atoms with E-state index in [1.54, 1.807) is 18.3 Å². The first kappa shape index (κ1) is 35.6. The molecule has 0 fully saturated rings. The van der Waals surface area contributed by atoms with Crippen LogP contribution in [0.3, 0.4) is 0 Å². The lowest BCUT2D eigenvalue weighted by Crippen LogP contribution is -2.58. The Morgan fingerprint density at radius 3 is 1.80 bits per heavy atom. The molecule has 0 bridgehead atoms. The van der Waals surface area contributed by atoms with Crippen LogP contribution in [0.5, 0.6) is 5.75 Å². The SMILES string of the molecule is NCCCCC(NC(=O)C(Cc1c[nH]c2ccccc12)NC(=O)C(N)Cc1c[nH]c2ccccc12)C(=O)NC(Cc1ccc(O)cc1)C(=O)O. The number of rotatable bonds is 17. The molecule has 262 valence electrons. The lowest BCUT2D eigenvalue weighted by molar-refractivity contribution is -0.142. The van der Waals surface area contributed by atoms with Crippen LogP contribution >= 0.6 is 0 Å². The molecule has 13 heteroatoms. The van der Waals surface area contributed by atoms with Gasteiger partial charge in [0.1, 0.15) is 23.9 Å². The number of aromatic hydroxyl groups is 1. The summed E-state index contributed by atoms with van der Waals surface area (Å²) in [5.74, 6) is -3.08. The summed E-state index contributed by atoms with van der Waals surface area (Å²) in [6, 6.07) is 16.7. The van der Waals surface area contributed by atoms with Crippen LogP contribution in [-0.4, -0.2) is 74.6 Å². The number of benzene rings is 3. The minimum atomic E-state index is -1.30. The van der Waals surface area contributed by atoms with Crippen molar-refractivity contribution < 1.29 is 29.4 Å². The van der Waals surface area contributed by atoms with Crippen molar-refractivity contribution in [2.45, 2.75) is 62.7 Å². The standard InChI is InChI=1S/C37H43N7O6/c38-16-6-5-11-31(35(47)44-33(37(49)50)17-22-12-14-25(45)15-13-22)42-36(48)32(19-24-21-41-30-10-4-2-8-27(24)30)43-34(46)28(39)18-23-20-40-29-9-3-1-7-26(23)29/h1-4,7-10,12-15,20-21,28,31-33,40-41,45H,5-6,11,16-19,38-39H2,(H,42,48)(H,43,46)(H,44,47)(H,49,50). The van der Waals surface area contributed by atoms with Gasteiger partial charge in [0.25, 0.3) is 0 Å². The molecule has 0 aliphatic rings. The third kappa shape index (κ3) is 9.07. The summed E-state index contributed by atoms with van der Waals surface area (Å²) in [5.41, 5.74) is 16.1. The number of amides is 3. The molecule has 13 nitrogen and oxygen atoms in total. The normalized spacial score (nSPS) is 13.7. The molecular weight excluding hydrogens is 638 g/mol. The predicted molar refractivity (Wildman–Crippen MR) is 190 cm³/mol. The van der Waals surface area contributed by atoms with E-state index in [1.165, 1.54) is 12.1 Å². The number of hydrogen-bond donors (Lipinski definition) is 9. The molecule has 4 atom stereocenters. The van der Waals surface area contributed by atoms with E-state index in [0.29, 0.717) is 24.9 Å². The third-order valence-electron chi connectivity index (χ3n) is 8.75. The zero-order chi connectivity index (χ0) is 35.6. The van der Waals surface area contributed by atoms with Crippen molar-refractivity contribution in [3.8, 4) is 5.75 Å². The maximum Gasteiger partial charge on any atom is 0.326 e. The van der Waals surface area contributed by atoms with Gasteiger partial charge in [0.15, 0.2) is 0 Å². The molecule has 3 aromatic carbocycles.